The maximum absolute atomic E-state index is 13.0. The van der Waals surface area contributed by atoms with Crippen LogP contribution >= 0.6 is 0 Å². The van der Waals surface area contributed by atoms with E-state index in [2.05, 4.69) is 16.9 Å². The van der Waals surface area contributed by atoms with Crippen LogP contribution < -0.4 is 5.32 Å². The Labute approximate surface area is 81.7 Å². The molecule has 1 rings (SSSR count). The first-order chi connectivity index (χ1) is 6.65. The van der Waals surface area contributed by atoms with E-state index in [0.717, 1.165) is 6.20 Å². The zero-order chi connectivity index (χ0) is 10.6. The second kappa shape index (κ2) is 4.50. The van der Waals surface area contributed by atoms with Gasteiger partial charge in [-0.3, -0.25) is 9.78 Å². The first kappa shape index (κ1) is 10.4. The van der Waals surface area contributed by atoms with Gasteiger partial charge in [0.15, 0.2) is 5.82 Å². The molecule has 0 aliphatic rings. The van der Waals surface area contributed by atoms with Gasteiger partial charge in [-0.1, -0.05) is 6.08 Å². The lowest BCUT2D eigenvalue weighted by Crippen LogP contribution is -2.31. The summed E-state index contributed by atoms with van der Waals surface area (Å²) in [6.07, 6.45) is 3.95. The largest absolute Gasteiger partial charge is 0.346 e. The zero-order valence-corrected chi connectivity index (χ0v) is 7.83. The van der Waals surface area contributed by atoms with Gasteiger partial charge in [-0.15, -0.1) is 6.58 Å². The van der Waals surface area contributed by atoms with Crippen molar-refractivity contribution in [2.45, 2.75) is 13.0 Å². The second-order valence-electron chi connectivity index (χ2n) is 2.85. The molecule has 1 N–H and O–H groups in total. The fourth-order valence-corrected chi connectivity index (χ4v) is 0.903. The molecule has 0 aliphatic heterocycles. The lowest BCUT2D eigenvalue weighted by atomic mass is 10.2. The van der Waals surface area contributed by atoms with Crippen molar-refractivity contribution in [2.24, 2.45) is 0 Å². The summed E-state index contributed by atoms with van der Waals surface area (Å²) >= 11 is 0. The zero-order valence-electron chi connectivity index (χ0n) is 7.83. The number of aromatic nitrogens is 1. The molecular formula is C10H11FN2O. The Morgan fingerprint density at radius 2 is 2.50 bits per heavy atom. The van der Waals surface area contributed by atoms with Crippen LogP contribution in [0.25, 0.3) is 0 Å². The Morgan fingerprint density at radius 1 is 1.79 bits per heavy atom. The first-order valence-corrected chi connectivity index (χ1v) is 4.18. The molecule has 1 unspecified atom stereocenters. The van der Waals surface area contributed by atoms with Gasteiger partial charge in [-0.05, 0) is 13.0 Å². The van der Waals surface area contributed by atoms with Crippen molar-refractivity contribution in [1.29, 1.82) is 0 Å². The number of amides is 1. The van der Waals surface area contributed by atoms with Gasteiger partial charge in [0.25, 0.3) is 5.91 Å². The molecule has 1 heterocycles. The summed E-state index contributed by atoms with van der Waals surface area (Å²) in [5.41, 5.74) is -0.00583. The second-order valence-corrected chi connectivity index (χ2v) is 2.85. The van der Waals surface area contributed by atoms with E-state index in [-0.39, 0.29) is 11.6 Å². The average molecular weight is 194 g/mol. The van der Waals surface area contributed by atoms with Gasteiger partial charge in [-0.25, -0.2) is 4.39 Å². The molecule has 1 amide bonds. The first-order valence-electron chi connectivity index (χ1n) is 4.18. The van der Waals surface area contributed by atoms with E-state index in [4.69, 9.17) is 0 Å². The molecule has 74 valence electrons. The lowest BCUT2D eigenvalue weighted by molar-refractivity contribution is 0.0943. The maximum atomic E-state index is 13.0. The highest BCUT2D eigenvalue weighted by Gasteiger charge is 2.11. The Balaban J connectivity index is 2.80. The van der Waals surface area contributed by atoms with E-state index in [1.54, 1.807) is 13.0 Å². The summed E-state index contributed by atoms with van der Waals surface area (Å²) in [5.74, 6) is -1.08. The van der Waals surface area contributed by atoms with E-state index >= 15 is 0 Å². The molecule has 1 aromatic rings. The average Bonchev–Trinajstić information content (AvgIpc) is 2.18. The number of rotatable bonds is 3. The molecule has 0 spiro atoms. The summed E-state index contributed by atoms with van der Waals surface area (Å²) in [6, 6.07) is 1.15. The molecule has 0 radical (unpaired) electrons. The minimum atomic E-state index is -0.624. The highest BCUT2D eigenvalue weighted by molar-refractivity contribution is 5.94. The van der Waals surface area contributed by atoms with Crippen molar-refractivity contribution in [3.05, 3.63) is 42.5 Å². The predicted molar refractivity (Wildman–Crippen MR) is 51.3 cm³/mol. The van der Waals surface area contributed by atoms with E-state index in [1.165, 1.54) is 12.3 Å². The summed E-state index contributed by atoms with van der Waals surface area (Å²) in [6.45, 7) is 5.26. The van der Waals surface area contributed by atoms with Crippen LogP contribution in [0.5, 0.6) is 0 Å². The van der Waals surface area contributed by atoms with Gasteiger partial charge < -0.3 is 5.32 Å². The van der Waals surface area contributed by atoms with Crippen LogP contribution in [0.1, 0.15) is 17.3 Å². The smallest absolute Gasteiger partial charge is 0.254 e. The molecule has 0 saturated carbocycles. The Hall–Kier alpha value is -1.71. The van der Waals surface area contributed by atoms with Crippen molar-refractivity contribution in [3.63, 3.8) is 0 Å². The summed E-state index contributed by atoms with van der Waals surface area (Å²) in [5, 5.41) is 2.56. The van der Waals surface area contributed by atoms with E-state index in [9.17, 15) is 9.18 Å². The van der Waals surface area contributed by atoms with Crippen LogP contribution in [-0.4, -0.2) is 16.9 Å². The van der Waals surface area contributed by atoms with Crippen LogP contribution in [0.15, 0.2) is 31.1 Å². The third kappa shape index (κ3) is 2.39. The molecule has 1 aromatic heterocycles. The van der Waals surface area contributed by atoms with Crippen LogP contribution in [0.3, 0.4) is 0 Å². The fourth-order valence-electron chi connectivity index (χ4n) is 0.903. The normalized spacial score (nSPS) is 11.9. The van der Waals surface area contributed by atoms with Crippen LogP contribution in [0, 0.1) is 5.82 Å². The molecule has 4 heteroatoms. The Morgan fingerprint density at radius 3 is 3.07 bits per heavy atom. The third-order valence-corrected chi connectivity index (χ3v) is 1.73. The summed E-state index contributed by atoms with van der Waals surface area (Å²) in [4.78, 5) is 15.0. The Bertz CT molecular complexity index is 352. The van der Waals surface area contributed by atoms with Crippen molar-refractivity contribution in [3.8, 4) is 0 Å². The van der Waals surface area contributed by atoms with Gasteiger partial charge in [0.2, 0.25) is 0 Å². The molecular weight excluding hydrogens is 183 g/mol. The number of halogens is 1. The van der Waals surface area contributed by atoms with Gasteiger partial charge in [0.1, 0.15) is 0 Å². The standard InChI is InChI=1S/C10H11FN2O/c1-3-7(2)13-10(14)8-4-5-12-6-9(8)11/h3-7H,1H2,2H3,(H,13,14). The number of hydrogen-bond acceptors (Lipinski definition) is 2. The highest BCUT2D eigenvalue weighted by atomic mass is 19.1. The molecule has 0 saturated heterocycles. The van der Waals surface area contributed by atoms with Gasteiger partial charge in [0, 0.05) is 12.2 Å². The van der Waals surface area contributed by atoms with E-state index in [1.807, 2.05) is 0 Å². The maximum Gasteiger partial charge on any atom is 0.254 e. The van der Waals surface area contributed by atoms with E-state index < -0.39 is 11.7 Å². The SMILES string of the molecule is C=CC(C)NC(=O)c1ccncc1F. The third-order valence-electron chi connectivity index (χ3n) is 1.73. The van der Waals surface area contributed by atoms with Gasteiger partial charge >= 0.3 is 0 Å². The topological polar surface area (TPSA) is 42.0 Å². The number of nitrogens with zero attached hydrogens (tertiary/aromatic N) is 1. The van der Waals surface area contributed by atoms with Crippen molar-refractivity contribution < 1.29 is 9.18 Å². The summed E-state index contributed by atoms with van der Waals surface area (Å²) in [7, 11) is 0. The summed E-state index contributed by atoms with van der Waals surface area (Å²) < 4.78 is 13.0. The van der Waals surface area contributed by atoms with Crippen molar-refractivity contribution in [1.82, 2.24) is 10.3 Å². The molecule has 0 bridgehead atoms. The van der Waals surface area contributed by atoms with E-state index in [0.29, 0.717) is 0 Å². The monoisotopic (exact) mass is 194 g/mol. The van der Waals surface area contributed by atoms with Gasteiger partial charge in [-0.2, -0.15) is 0 Å². The number of carbonyl (C=O) groups excluding carboxylic acids is 1. The molecule has 3 nitrogen and oxygen atoms in total. The number of pyridine rings is 1. The van der Waals surface area contributed by atoms with Crippen molar-refractivity contribution in [2.75, 3.05) is 0 Å². The molecule has 0 fully saturated rings. The molecule has 0 aromatic carbocycles. The van der Waals surface area contributed by atoms with Gasteiger partial charge in [0.05, 0.1) is 11.8 Å². The predicted octanol–water partition coefficient (Wildman–Crippen LogP) is 1.52. The van der Waals surface area contributed by atoms with Crippen LogP contribution in [0.4, 0.5) is 4.39 Å². The lowest BCUT2D eigenvalue weighted by Gasteiger charge is -2.08. The van der Waals surface area contributed by atoms with Crippen LogP contribution in [0.2, 0.25) is 0 Å². The molecule has 0 aliphatic carbocycles. The molecule has 14 heavy (non-hydrogen) atoms. The Kier molecular flexibility index (Phi) is 3.34. The van der Waals surface area contributed by atoms with Crippen LogP contribution in [-0.2, 0) is 0 Å². The van der Waals surface area contributed by atoms with Crippen molar-refractivity contribution >= 4 is 5.91 Å². The minimum absolute atomic E-state index is 0.00583. The minimum Gasteiger partial charge on any atom is -0.346 e. The number of hydrogen-bond donors (Lipinski definition) is 1. The fraction of sp³-hybridized carbons (Fsp3) is 0.200. The number of carbonyl (C=O) groups is 1. The highest BCUT2D eigenvalue weighted by Crippen LogP contribution is 2.04. The quantitative estimate of drug-likeness (QED) is 0.741. The number of nitrogens with one attached hydrogen (secondary N) is 1. The molecule has 1 atom stereocenters.